The van der Waals surface area contributed by atoms with E-state index in [1.54, 1.807) is 0 Å². The maximum atomic E-state index is 13.7. The molecule has 3 aromatic carbocycles. The number of nitro groups is 1. The highest BCUT2D eigenvalue weighted by Gasteiger charge is 2.44. The van der Waals surface area contributed by atoms with Crippen molar-refractivity contribution in [3.8, 4) is 0 Å². The first kappa shape index (κ1) is 22.0. The van der Waals surface area contributed by atoms with Crippen molar-refractivity contribution < 1.29 is 9.72 Å². The van der Waals surface area contributed by atoms with Crippen molar-refractivity contribution in [2.45, 2.75) is 25.3 Å². The summed E-state index contributed by atoms with van der Waals surface area (Å²) < 4.78 is 0. The van der Waals surface area contributed by atoms with E-state index in [9.17, 15) is 14.9 Å². The highest BCUT2D eigenvalue weighted by atomic mass is 35.5. The van der Waals surface area contributed by atoms with E-state index >= 15 is 0 Å². The Hall–Kier alpha value is -3.77. The van der Waals surface area contributed by atoms with E-state index < -0.39 is 10.8 Å². The summed E-state index contributed by atoms with van der Waals surface area (Å²) in [7, 11) is 0. The Labute approximate surface area is 202 Å². The third-order valence-corrected chi connectivity index (χ3v) is 6.71. The number of non-ortho nitro benzene ring substituents is 1. The van der Waals surface area contributed by atoms with Gasteiger partial charge in [0.05, 0.1) is 27.3 Å². The summed E-state index contributed by atoms with van der Waals surface area (Å²) in [5.41, 5.74) is 3.97. The van der Waals surface area contributed by atoms with E-state index in [1.165, 1.54) is 23.2 Å². The monoisotopic (exact) mass is 471 g/mol. The summed E-state index contributed by atoms with van der Waals surface area (Å²) in [6, 6.07) is 23.5. The summed E-state index contributed by atoms with van der Waals surface area (Å²) in [6.45, 7) is 0. The molecule has 2 atom stereocenters. The molecule has 170 valence electrons. The van der Waals surface area contributed by atoms with Crippen LogP contribution in [0.5, 0.6) is 0 Å². The van der Waals surface area contributed by atoms with Crippen LogP contribution in [0.25, 0.3) is 6.08 Å². The van der Waals surface area contributed by atoms with Gasteiger partial charge in [0, 0.05) is 18.1 Å². The van der Waals surface area contributed by atoms with E-state index in [4.69, 9.17) is 16.7 Å². The van der Waals surface area contributed by atoms with Crippen LogP contribution in [-0.4, -0.2) is 21.6 Å². The number of carbonyl (C=O) groups is 1. The van der Waals surface area contributed by atoms with Crippen molar-refractivity contribution in [2.75, 3.05) is 0 Å². The molecule has 0 unspecified atom stereocenters. The maximum absolute atomic E-state index is 13.7. The van der Waals surface area contributed by atoms with Crippen LogP contribution in [-0.2, 0) is 0 Å². The van der Waals surface area contributed by atoms with Gasteiger partial charge in [0.1, 0.15) is 0 Å². The Kier molecular flexibility index (Phi) is 5.99. The van der Waals surface area contributed by atoms with Crippen molar-refractivity contribution in [3.63, 3.8) is 0 Å². The molecular weight excluding hydrogens is 450 g/mol. The third kappa shape index (κ3) is 4.13. The van der Waals surface area contributed by atoms with Crippen molar-refractivity contribution >= 4 is 35.0 Å². The lowest BCUT2D eigenvalue weighted by molar-refractivity contribution is -0.384. The van der Waals surface area contributed by atoms with E-state index in [2.05, 4.69) is 6.08 Å². The largest absolute Gasteiger partial charge is 0.276 e. The van der Waals surface area contributed by atoms with Gasteiger partial charge in [0.25, 0.3) is 11.6 Å². The van der Waals surface area contributed by atoms with Gasteiger partial charge >= 0.3 is 0 Å². The number of fused-ring (bicyclic) bond motifs is 1. The zero-order chi connectivity index (χ0) is 23.7. The Morgan fingerprint density at radius 1 is 1.06 bits per heavy atom. The normalized spacial score (nSPS) is 20.7. The second-order valence-electron chi connectivity index (χ2n) is 8.49. The summed E-state index contributed by atoms with van der Waals surface area (Å²) in [6.07, 6.45) is 4.91. The van der Waals surface area contributed by atoms with Gasteiger partial charge in [0.15, 0.2) is 0 Å². The van der Waals surface area contributed by atoms with Crippen LogP contribution in [0.2, 0.25) is 5.02 Å². The first-order valence-corrected chi connectivity index (χ1v) is 11.6. The number of hydrazone groups is 1. The number of hydrogen-bond acceptors (Lipinski definition) is 4. The lowest BCUT2D eigenvalue weighted by Gasteiger charge is -2.29. The van der Waals surface area contributed by atoms with E-state index in [1.807, 2.05) is 60.7 Å². The fourth-order valence-corrected chi connectivity index (χ4v) is 5.01. The lowest BCUT2D eigenvalue weighted by Crippen LogP contribution is -2.32. The predicted octanol–water partition coefficient (Wildman–Crippen LogP) is 6.69. The minimum atomic E-state index is -0.530. The molecule has 3 aromatic rings. The zero-order valence-electron chi connectivity index (χ0n) is 18.3. The van der Waals surface area contributed by atoms with Crippen LogP contribution in [0.3, 0.4) is 0 Å². The quantitative estimate of drug-likeness (QED) is 0.314. The minimum absolute atomic E-state index is 0.0348. The van der Waals surface area contributed by atoms with Crippen molar-refractivity contribution in [1.29, 1.82) is 0 Å². The highest BCUT2D eigenvalue weighted by molar-refractivity contribution is 6.34. The van der Waals surface area contributed by atoms with Gasteiger partial charge in [-0.1, -0.05) is 72.3 Å². The number of allylic oxidation sites excluding steroid dienone is 1. The Balaban J connectivity index is 1.60. The van der Waals surface area contributed by atoms with Gasteiger partial charge in [-0.25, -0.2) is 5.01 Å². The molecule has 2 aliphatic rings. The van der Waals surface area contributed by atoms with Crippen molar-refractivity contribution in [1.82, 2.24) is 5.01 Å². The van der Waals surface area contributed by atoms with Gasteiger partial charge in [0.2, 0.25) is 0 Å². The summed E-state index contributed by atoms with van der Waals surface area (Å²) >= 11 is 6.33. The molecule has 0 aromatic heterocycles. The standard InChI is InChI=1S/C27H22ClN3O3/c28-24-15-14-21(31(33)34)17-23(24)27(32)30-26(19-10-5-2-6-11-19)22-13-7-12-20(25(22)29-30)16-18-8-3-1-4-9-18/h1-6,8-11,14-17,22,26H,7,12-13H2/b20-16+/t22-,26-/m1/s1. The number of nitro benzene ring substituents is 1. The van der Waals surface area contributed by atoms with E-state index in [0.29, 0.717) is 0 Å². The lowest BCUT2D eigenvalue weighted by atomic mass is 9.77. The molecule has 0 N–H and O–H groups in total. The van der Waals surface area contributed by atoms with Crippen LogP contribution < -0.4 is 0 Å². The smallest absolute Gasteiger partial charge is 0.267 e. The number of nitrogens with zero attached hydrogens (tertiary/aromatic N) is 3. The first-order chi connectivity index (χ1) is 16.5. The number of carbonyl (C=O) groups excluding carboxylic acids is 1. The number of rotatable bonds is 4. The Morgan fingerprint density at radius 3 is 2.47 bits per heavy atom. The Bertz CT molecular complexity index is 1310. The summed E-state index contributed by atoms with van der Waals surface area (Å²) in [4.78, 5) is 24.5. The first-order valence-electron chi connectivity index (χ1n) is 11.2. The molecule has 1 fully saturated rings. The van der Waals surface area contributed by atoms with Crippen LogP contribution in [0, 0.1) is 16.0 Å². The van der Waals surface area contributed by atoms with Gasteiger partial charge in [-0.15, -0.1) is 0 Å². The van der Waals surface area contributed by atoms with Crippen LogP contribution in [0.4, 0.5) is 5.69 Å². The molecule has 0 bridgehead atoms. The Morgan fingerprint density at radius 2 is 1.76 bits per heavy atom. The van der Waals surface area contributed by atoms with Crippen molar-refractivity contribution in [2.24, 2.45) is 11.0 Å². The zero-order valence-corrected chi connectivity index (χ0v) is 19.1. The average Bonchev–Trinajstić information content (AvgIpc) is 3.26. The fourth-order valence-electron chi connectivity index (χ4n) is 4.82. The summed E-state index contributed by atoms with van der Waals surface area (Å²) in [5.74, 6) is -0.406. The van der Waals surface area contributed by atoms with E-state index in [-0.39, 0.29) is 28.2 Å². The SMILES string of the molecule is O=C(c1cc([N+](=O)[O-])ccc1Cl)N1N=C2/C(=C/c3ccccc3)CCC[C@H]2[C@H]1c1ccccc1. The average molecular weight is 472 g/mol. The van der Waals surface area contributed by atoms with Crippen LogP contribution in [0.15, 0.2) is 89.5 Å². The molecule has 0 radical (unpaired) electrons. The molecule has 0 spiro atoms. The van der Waals surface area contributed by atoms with Gasteiger partial charge in [-0.2, -0.15) is 5.10 Å². The van der Waals surface area contributed by atoms with Crippen LogP contribution in [0.1, 0.15) is 46.8 Å². The maximum Gasteiger partial charge on any atom is 0.276 e. The third-order valence-electron chi connectivity index (χ3n) is 6.38. The number of amides is 1. The molecule has 1 heterocycles. The molecule has 1 saturated carbocycles. The molecule has 1 aliphatic carbocycles. The van der Waals surface area contributed by atoms with Gasteiger partial charge in [-0.3, -0.25) is 14.9 Å². The molecule has 34 heavy (non-hydrogen) atoms. The fraction of sp³-hybridized carbons (Fsp3) is 0.185. The number of benzene rings is 3. The minimum Gasteiger partial charge on any atom is -0.267 e. The van der Waals surface area contributed by atoms with Crippen molar-refractivity contribution in [3.05, 3.63) is 116 Å². The molecule has 1 amide bonds. The molecule has 7 heteroatoms. The second kappa shape index (κ2) is 9.23. The summed E-state index contributed by atoms with van der Waals surface area (Å²) in [5, 5.41) is 17.8. The molecular formula is C27H22ClN3O3. The van der Waals surface area contributed by atoms with Gasteiger partial charge in [-0.05, 0) is 48.1 Å². The number of halogens is 1. The molecule has 0 saturated heterocycles. The predicted molar refractivity (Wildman–Crippen MR) is 133 cm³/mol. The molecule has 6 nitrogen and oxygen atoms in total. The molecule has 5 rings (SSSR count). The second-order valence-corrected chi connectivity index (χ2v) is 8.90. The number of hydrogen-bond donors (Lipinski definition) is 0. The van der Waals surface area contributed by atoms with E-state index in [0.717, 1.165) is 41.7 Å². The molecule has 1 aliphatic heterocycles. The van der Waals surface area contributed by atoms with Gasteiger partial charge < -0.3 is 0 Å². The highest BCUT2D eigenvalue weighted by Crippen LogP contribution is 2.45. The van der Waals surface area contributed by atoms with Crippen LogP contribution >= 0.6 is 11.6 Å². The topological polar surface area (TPSA) is 75.8 Å².